The van der Waals surface area contributed by atoms with Crippen molar-refractivity contribution >= 4 is 11.0 Å². The number of nitrogens with zero attached hydrogens (tertiary/aromatic N) is 3. The normalized spacial score (nSPS) is 15.2. The zero-order chi connectivity index (χ0) is 19.2. The van der Waals surface area contributed by atoms with Crippen LogP contribution in [-0.2, 0) is 13.0 Å². The van der Waals surface area contributed by atoms with Crippen LogP contribution < -0.4 is 4.74 Å². The van der Waals surface area contributed by atoms with Gasteiger partial charge in [0.15, 0.2) is 0 Å². The molecule has 4 rings (SSSR count). The molecule has 0 atom stereocenters. The molecule has 5 nitrogen and oxygen atoms in total. The van der Waals surface area contributed by atoms with Crippen molar-refractivity contribution in [2.75, 3.05) is 19.7 Å². The van der Waals surface area contributed by atoms with E-state index in [0.717, 1.165) is 36.8 Å². The fraction of sp³-hybridized carbons (Fsp3) is 0.478. The van der Waals surface area contributed by atoms with E-state index >= 15 is 0 Å². The van der Waals surface area contributed by atoms with Gasteiger partial charge in [0.1, 0.15) is 0 Å². The molecule has 1 aromatic carbocycles. The molecule has 3 aromatic rings. The smallest absolute Gasteiger partial charge is 0.317 e. The van der Waals surface area contributed by atoms with E-state index in [1.54, 1.807) is 0 Å². The van der Waals surface area contributed by atoms with Crippen molar-refractivity contribution in [2.45, 2.75) is 52.0 Å². The van der Waals surface area contributed by atoms with Crippen molar-refractivity contribution in [3.05, 3.63) is 53.3 Å². The van der Waals surface area contributed by atoms with Crippen LogP contribution in [0.4, 0.5) is 0 Å². The number of piperidine rings is 1. The van der Waals surface area contributed by atoms with Gasteiger partial charge in [0.25, 0.3) is 0 Å². The maximum absolute atomic E-state index is 5.68. The van der Waals surface area contributed by atoms with Gasteiger partial charge in [-0.2, -0.15) is 4.98 Å². The summed E-state index contributed by atoms with van der Waals surface area (Å²) < 4.78 is 5.68. The Balaban J connectivity index is 1.42. The van der Waals surface area contributed by atoms with Gasteiger partial charge in [-0.05, 0) is 43.5 Å². The largest absolute Gasteiger partial charge is 0.463 e. The quantitative estimate of drug-likeness (QED) is 0.577. The van der Waals surface area contributed by atoms with Gasteiger partial charge in [0.2, 0.25) is 0 Å². The average Bonchev–Trinajstić information content (AvgIpc) is 3.13. The minimum absolute atomic E-state index is 0.471. The summed E-state index contributed by atoms with van der Waals surface area (Å²) in [5.74, 6) is 0. The monoisotopic (exact) mass is 378 g/mol. The van der Waals surface area contributed by atoms with Crippen LogP contribution in [0.2, 0.25) is 0 Å². The van der Waals surface area contributed by atoms with Crippen LogP contribution in [0.3, 0.4) is 0 Å². The van der Waals surface area contributed by atoms with Gasteiger partial charge < -0.3 is 9.72 Å². The van der Waals surface area contributed by atoms with Gasteiger partial charge in [-0.3, -0.25) is 4.90 Å². The van der Waals surface area contributed by atoms with E-state index in [0.29, 0.717) is 12.6 Å². The molecule has 148 valence electrons. The van der Waals surface area contributed by atoms with Gasteiger partial charge in [0.05, 0.1) is 23.8 Å². The average molecular weight is 379 g/mol. The maximum Gasteiger partial charge on any atom is 0.317 e. The second-order valence-corrected chi connectivity index (χ2v) is 7.76. The van der Waals surface area contributed by atoms with Crippen molar-refractivity contribution in [2.24, 2.45) is 0 Å². The minimum Gasteiger partial charge on any atom is -0.463 e. The Labute approximate surface area is 167 Å². The lowest BCUT2D eigenvalue weighted by Gasteiger charge is -2.26. The number of nitrogens with one attached hydrogen (secondary N) is 1. The lowest BCUT2D eigenvalue weighted by Crippen LogP contribution is -2.29. The van der Waals surface area contributed by atoms with Crippen LogP contribution in [0.15, 0.2) is 36.7 Å². The van der Waals surface area contributed by atoms with E-state index in [-0.39, 0.29) is 0 Å². The summed E-state index contributed by atoms with van der Waals surface area (Å²) in [6.07, 6.45) is 10.9. The summed E-state index contributed by atoms with van der Waals surface area (Å²) in [6, 6.07) is 9.51. The molecule has 0 unspecified atom stereocenters. The summed E-state index contributed by atoms with van der Waals surface area (Å²) in [7, 11) is 0. The molecule has 0 aliphatic carbocycles. The molecular formula is C23H30N4O. The minimum atomic E-state index is 0.471. The molecule has 2 aromatic heterocycles. The third kappa shape index (κ3) is 4.71. The Morgan fingerprint density at radius 3 is 2.64 bits per heavy atom. The molecule has 1 aliphatic heterocycles. The van der Waals surface area contributed by atoms with Crippen molar-refractivity contribution in [3.8, 4) is 6.01 Å². The Kier molecular flexibility index (Phi) is 6.22. The highest BCUT2D eigenvalue weighted by Gasteiger charge is 2.11. The van der Waals surface area contributed by atoms with E-state index < -0.39 is 0 Å². The molecule has 0 saturated carbocycles. The Morgan fingerprint density at radius 1 is 1.07 bits per heavy atom. The van der Waals surface area contributed by atoms with Gasteiger partial charge >= 0.3 is 6.01 Å². The molecule has 1 saturated heterocycles. The predicted molar refractivity (Wildman–Crippen MR) is 113 cm³/mol. The molecule has 1 aliphatic rings. The lowest BCUT2D eigenvalue weighted by atomic mass is 10.0. The number of aromatic nitrogens is 3. The van der Waals surface area contributed by atoms with Crippen molar-refractivity contribution in [1.29, 1.82) is 0 Å². The summed E-state index contributed by atoms with van der Waals surface area (Å²) in [5.41, 5.74) is 5.80. The van der Waals surface area contributed by atoms with Crippen LogP contribution in [0, 0.1) is 0 Å². The van der Waals surface area contributed by atoms with Crippen molar-refractivity contribution in [1.82, 2.24) is 19.9 Å². The fourth-order valence-corrected chi connectivity index (χ4v) is 3.82. The van der Waals surface area contributed by atoms with Gasteiger partial charge in [0, 0.05) is 24.7 Å². The van der Waals surface area contributed by atoms with Crippen LogP contribution >= 0.6 is 0 Å². The molecule has 0 radical (unpaired) electrons. The molecule has 1 fully saturated rings. The van der Waals surface area contributed by atoms with Crippen LogP contribution in [-0.4, -0.2) is 39.5 Å². The van der Waals surface area contributed by atoms with E-state index in [2.05, 4.69) is 51.0 Å². The standard InChI is InChI=1S/C23H30N4O/c1-2-3-13-28-23-25-16-21-22(26-23)20(15-24-21)14-18-7-9-19(10-8-18)17-27-11-5-4-6-12-27/h7-10,15-16,24H,2-6,11-14,17H2,1H3. The Morgan fingerprint density at radius 2 is 1.86 bits per heavy atom. The molecular weight excluding hydrogens is 348 g/mol. The van der Waals surface area contributed by atoms with E-state index in [1.165, 1.54) is 49.0 Å². The SMILES string of the molecule is CCCCOc1ncc2[nH]cc(Cc3ccc(CN4CCCCC4)cc3)c2n1. The summed E-state index contributed by atoms with van der Waals surface area (Å²) in [5, 5.41) is 0. The third-order valence-electron chi connectivity index (χ3n) is 5.47. The van der Waals surface area contributed by atoms with Gasteiger partial charge in [-0.25, -0.2) is 4.98 Å². The number of ether oxygens (including phenoxy) is 1. The fourth-order valence-electron chi connectivity index (χ4n) is 3.82. The maximum atomic E-state index is 5.68. The van der Waals surface area contributed by atoms with Crippen LogP contribution in [0.1, 0.15) is 55.7 Å². The number of unbranched alkanes of at least 4 members (excludes halogenated alkanes) is 1. The predicted octanol–water partition coefficient (Wildman–Crippen LogP) is 4.71. The first-order chi connectivity index (χ1) is 13.8. The Bertz CT molecular complexity index is 881. The zero-order valence-electron chi connectivity index (χ0n) is 16.8. The number of rotatable bonds is 8. The number of hydrogen-bond acceptors (Lipinski definition) is 4. The van der Waals surface area contributed by atoms with Crippen molar-refractivity contribution < 1.29 is 4.74 Å². The highest BCUT2D eigenvalue weighted by Crippen LogP contribution is 2.21. The molecule has 0 amide bonds. The van der Waals surface area contributed by atoms with E-state index in [1.807, 2.05) is 12.4 Å². The summed E-state index contributed by atoms with van der Waals surface area (Å²) in [6.45, 7) is 6.35. The van der Waals surface area contributed by atoms with E-state index in [9.17, 15) is 0 Å². The number of hydrogen-bond donors (Lipinski definition) is 1. The summed E-state index contributed by atoms with van der Waals surface area (Å²) >= 11 is 0. The zero-order valence-corrected chi connectivity index (χ0v) is 16.8. The number of likely N-dealkylation sites (tertiary alicyclic amines) is 1. The second kappa shape index (κ2) is 9.20. The molecule has 0 spiro atoms. The third-order valence-corrected chi connectivity index (χ3v) is 5.47. The first kappa shape index (κ1) is 18.9. The van der Waals surface area contributed by atoms with Gasteiger partial charge in [-0.1, -0.05) is 44.0 Å². The molecule has 5 heteroatoms. The molecule has 0 bridgehead atoms. The summed E-state index contributed by atoms with van der Waals surface area (Å²) in [4.78, 5) is 14.8. The van der Waals surface area contributed by atoms with E-state index in [4.69, 9.17) is 4.74 Å². The van der Waals surface area contributed by atoms with Crippen LogP contribution in [0.5, 0.6) is 6.01 Å². The highest BCUT2D eigenvalue weighted by molar-refractivity contribution is 5.78. The number of benzene rings is 1. The first-order valence-electron chi connectivity index (χ1n) is 10.6. The number of H-pyrrole nitrogens is 1. The number of aromatic amines is 1. The van der Waals surface area contributed by atoms with Gasteiger partial charge in [-0.15, -0.1) is 0 Å². The van der Waals surface area contributed by atoms with Crippen molar-refractivity contribution in [3.63, 3.8) is 0 Å². The number of fused-ring (bicyclic) bond motifs is 1. The lowest BCUT2D eigenvalue weighted by molar-refractivity contribution is 0.221. The Hall–Kier alpha value is -2.40. The first-order valence-corrected chi connectivity index (χ1v) is 10.6. The molecule has 1 N–H and O–H groups in total. The van der Waals surface area contributed by atoms with Crippen LogP contribution in [0.25, 0.3) is 11.0 Å². The molecule has 28 heavy (non-hydrogen) atoms. The topological polar surface area (TPSA) is 54.0 Å². The molecule has 3 heterocycles. The highest BCUT2D eigenvalue weighted by atomic mass is 16.5. The second-order valence-electron chi connectivity index (χ2n) is 7.76.